The van der Waals surface area contributed by atoms with E-state index in [2.05, 4.69) is 47.4 Å². The summed E-state index contributed by atoms with van der Waals surface area (Å²) < 4.78 is 0. The molecular weight excluding hydrogens is 158 g/mol. The van der Waals surface area contributed by atoms with Gasteiger partial charge in [-0.25, -0.2) is 0 Å². The lowest BCUT2D eigenvalue weighted by Crippen LogP contribution is -1.73. The molecule has 13 heavy (non-hydrogen) atoms. The number of benzene rings is 2. The summed E-state index contributed by atoms with van der Waals surface area (Å²) in [5, 5.41) is 0. The van der Waals surface area contributed by atoms with E-state index in [4.69, 9.17) is 0 Å². The molecule has 0 aliphatic rings. The van der Waals surface area contributed by atoms with Crippen LogP contribution >= 0.6 is 0 Å². The van der Waals surface area contributed by atoms with Crippen LogP contribution in [0.4, 0.5) is 0 Å². The zero-order chi connectivity index (χ0) is 8.67. The first-order chi connectivity index (χ1) is 6.43. The lowest BCUT2D eigenvalue weighted by molar-refractivity contribution is 1.60. The van der Waals surface area contributed by atoms with E-state index in [9.17, 15) is 0 Å². The second-order valence-corrected chi connectivity index (χ2v) is 3.25. The standard InChI is InChI=1S/C12H9N/c1-2-4-9(5-3-1)11-8-10-6-7-12(11)13-10/h1-8,13H. The molecule has 2 heterocycles. The number of hydrogen-bond acceptors (Lipinski definition) is 0. The number of hydrogen-bond donors (Lipinski definition) is 1. The van der Waals surface area contributed by atoms with Crippen LogP contribution < -0.4 is 0 Å². The fourth-order valence-electron chi connectivity index (χ4n) is 1.74. The molecule has 0 saturated heterocycles. The van der Waals surface area contributed by atoms with Gasteiger partial charge >= 0.3 is 0 Å². The molecule has 0 fully saturated rings. The van der Waals surface area contributed by atoms with Crippen molar-refractivity contribution in [3.05, 3.63) is 48.5 Å². The summed E-state index contributed by atoms with van der Waals surface area (Å²) in [6.07, 6.45) is 0. The van der Waals surface area contributed by atoms with Crippen molar-refractivity contribution in [2.45, 2.75) is 0 Å². The summed E-state index contributed by atoms with van der Waals surface area (Å²) in [5.74, 6) is 0. The van der Waals surface area contributed by atoms with E-state index in [0.717, 1.165) is 0 Å². The predicted octanol–water partition coefficient (Wildman–Crippen LogP) is 3.27. The Morgan fingerprint density at radius 1 is 0.846 bits per heavy atom. The molecule has 0 unspecified atom stereocenters. The first kappa shape index (κ1) is 6.72. The van der Waals surface area contributed by atoms with Crippen LogP contribution in [-0.2, 0) is 0 Å². The molecule has 0 aliphatic carbocycles. The van der Waals surface area contributed by atoms with Crippen molar-refractivity contribution in [3.63, 3.8) is 0 Å². The number of fused-ring (bicyclic) bond motifs is 2. The topological polar surface area (TPSA) is 15.8 Å². The van der Waals surface area contributed by atoms with Gasteiger partial charge in [0.25, 0.3) is 0 Å². The molecule has 3 rings (SSSR count). The molecule has 2 aromatic heterocycles. The van der Waals surface area contributed by atoms with Crippen molar-refractivity contribution in [2.75, 3.05) is 0 Å². The highest BCUT2D eigenvalue weighted by atomic mass is 14.7. The molecule has 0 aliphatic heterocycles. The van der Waals surface area contributed by atoms with Gasteiger partial charge in [-0.3, -0.25) is 0 Å². The highest BCUT2D eigenvalue weighted by molar-refractivity contribution is 5.88. The minimum absolute atomic E-state index is 1.20. The average Bonchev–Trinajstić information content (AvgIpc) is 2.80. The van der Waals surface area contributed by atoms with Gasteiger partial charge in [-0.05, 0) is 23.8 Å². The van der Waals surface area contributed by atoms with Crippen LogP contribution in [0.3, 0.4) is 0 Å². The lowest BCUT2D eigenvalue weighted by Gasteiger charge is -1.97. The van der Waals surface area contributed by atoms with Crippen molar-refractivity contribution in [2.24, 2.45) is 0 Å². The number of nitrogens with one attached hydrogen (secondary N) is 1. The number of rotatable bonds is 1. The molecular formula is C12H9N. The minimum atomic E-state index is 1.20. The maximum Gasteiger partial charge on any atom is 0.0465 e. The van der Waals surface area contributed by atoms with E-state index in [1.807, 2.05) is 6.07 Å². The Bertz CT molecular complexity index is 507. The van der Waals surface area contributed by atoms with Crippen LogP contribution in [0, 0.1) is 0 Å². The average molecular weight is 167 g/mol. The molecule has 1 N–H and O–H groups in total. The van der Waals surface area contributed by atoms with E-state index < -0.39 is 0 Å². The molecule has 62 valence electrons. The SMILES string of the molecule is c1ccc(-c2cc3ccc2[nH]3)cc1. The van der Waals surface area contributed by atoms with Crippen molar-refractivity contribution in [1.29, 1.82) is 0 Å². The van der Waals surface area contributed by atoms with Gasteiger partial charge in [0, 0.05) is 16.6 Å². The summed E-state index contributed by atoms with van der Waals surface area (Å²) in [5.41, 5.74) is 5.01. The van der Waals surface area contributed by atoms with Gasteiger partial charge in [-0.1, -0.05) is 30.3 Å². The highest BCUT2D eigenvalue weighted by Gasteiger charge is 2.04. The number of H-pyrrole nitrogens is 1. The second kappa shape index (κ2) is 2.36. The van der Waals surface area contributed by atoms with Crippen LogP contribution in [0.25, 0.3) is 22.2 Å². The lowest BCUT2D eigenvalue weighted by atomic mass is 10.1. The Hall–Kier alpha value is -1.76. The minimum Gasteiger partial charge on any atom is -0.355 e. The molecule has 0 amide bonds. The van der Waals surface area contributed by atoms with E-state index in [1.165, 1.54) is 22.2 Å². The largest absolute Gasteiger partial charge is 0.355 e. The van der Waals surface area contributed by atoms with Crippen LogP contribution in [-0.4, -0.2) is 4.98 Å². The van der Waals surface area contributed by atoms with Crippen LogP contribution in [0.2, 0.25) is 0 Å². The fourth-order valence-corrected chi connectivity index (χ4v) is 1.74. The van der Waals surface area contributed by atoms with E-state index in [0.29, 0.717) is 0 Å². The van der Waals surface area contributed by atoms with Gasteiger partial charge < -0.3 is 4.98 Å². The van der Waals surface area contributed by atoms with Gasteiger partial charge in [-0.15, -0.1) is 0 Å². The zero-order valence-corrected chi connectivity index (χ0v) is 7.12. The van der Waals surface area contributed by atoms with Crippen LogP contribution in [0.1, 0.15) is 0 Å². The van der Waals surface area contributed by atoms with E-state index in [-0.39, 0.29) is 0 Å². The smallest absolute Gasteiger partial charge is 0.0465 e. The molecule has 0 spiro atoms. The second-order valence-electron chi connectivity index (χ2n) is 3.25. The Kier molecular flexibility index (Phi) is 1.22. The maximum atomic E-state index is 3.31. The number of aromatic amines is 1. The summed E-state index contributed by atoms with van der Waals surface area (Å²) in [6.45, 7) is 0. The third kappa shape index (κ3) is 0.937. The normalized spacial score (nSPS) is 11.1. The maximum absolute atomic E-state index is 3.31. The highest BCUT2D eigenvalue weighted by Crippen LogP contribution is 2.27. The molecule has 1 nitrogen and oxygen atoms in total. The Labute approximate surface area is 76.4 Å². The third-order valence-corrected chi connectivity index (χ3v) is 2.38. The van der Waals surface area contributed by atoms with E-state index >= 15 is 0 Å². The number of aromatic nitrogens is 1. The van der Waals surface area contributed by atoms with Gasteiger partial charge in [0.2, 0.25) is 0 Å². The van der Waals surface area contributed by atoms with Crippen molar-refractivity contribution < 1.29 is 0 Å². The monoisotopic (exact) mass is 167 g/mol. The van der Waals surface area contributed by atoms with Crippen molar-refractivity contribution in [3.8, 4) is 11.1 Å². The molecule has 2 bridgehead atoms. The molecule has 0 atom stereocenters. The molecule has 1 heteroatoms. The molecule has 3 aromatic rings. The summed E-state index contributed by atoms with van der Waals surface area (Å²) in [7, 11) is 0. The summed E-state index contributed by atoms with van der Waals surface area (Å²) in [4.78, 5) is 3.31. The fraction of sp³-hybridized carbons (Fsp3) is 0. The Morgan fingerprint density at radius 3 is 2.31 bits per heavy atom. The molecule has 1 aromatic carbocycles. The third-order valence-electron chi connectivity index (χ3n) is 2.38. The molecule has 0 saturated carbocycles. The summed E-state index contributed by atoms with van der Waals surface area (Å²) >= 11 is 0. The first-order valence-corrected chi connectivity index (χ1v) is 4.40. The predicted molar refractivity (Wildman–Crippen MR) is 54.9 cm³/mol. The van der Waals surface area contributed by atoms with Gasteiger partial charge in [-0.2, -0.15) is 0 Å². The van der Waals surface area contributed by atoms with Crippen LogP contribution in [0.5, 0.6) is 0 Å². The quantitative estimate of drug-likeness (QED) is 0.572. The van der Waals surface area contributed by atoms with Gasteiger partial charge in [0.15, 0.2) is 0 Å². The van der Waals surface area contributed by atoms with Crippen molar-refractivity contribution >= 4 is 11.0 Å². The first-order valence-electron chi connectivity index (χ1n) is 4.40. The van der Waals surface area contributed by atoms with Gasteiger partial charge in [0.1, 0.15) is 0 Å². The van der Waals surface area contributed by atoms with Gasteiger partial charge in [0.05, 0.1) is 0 Å². The zero-order valence-electron chi connectivity index (χ0n) is 7.12. The van der Waals surface area contributed by atoms with E-state index in [1.54, 1.807) is 0 Å². The Morgan fingerprint density at radius 2 is 1.69 bits per heavy atom. The summed E-state index contributed by atoms with van der Waals surface area (Å²) in [6, 6.07) is 16.8. The Balaban J connectivity index is 2.25. The van der Waals surface area contributed by atoms with Crippen LogP contribution in [0.15, 0.2) is 48.5 Å². The molecule has 0 radical (unpaired) electrons. The van der Waals surface area contributed by atoms with Crippen molar-refractivity contribution in [1.82, 2.24) is 4.98 Å².